The number of rotatable bonds is 9. The number of amides is 2. The van der Waals surface area contributed by atoms with Crippen LogP contribution in [0.15, 0.2) is 24.3 Å². The zero-order valence-corrected chi connectivity index (χ0v) is 17.1. The van der Waals surface area contributed by atoms with Gasteiger partial charge in [-0.1, -0.05) is 38.5 Å². The van der Waals surface area contributed by atoms with Gasteiger partial charge in [-0.2, -0.15) is 0 Å². The minimum Gasteiger partial charge on any atom is -0.480 e. The zero-order valence-electron chi connectivity index (χ0n) is 17.1. The van der Waals surface area contributed by atoms with E-state index in [0.717, 1.165) is 18.4 Å². The molecule has 154 valence electrons. The van der Waals surface area contributed by atoms with Crippen molar-refractivity contribution in [2.45, 2.75) is 58.7 Å². The number of aryl methyl sites for hydroxylation is 1. The molecule has 1 atom stereocenters. The van der Waals surface area contributed by atoms with Gasteiger partial charge in [0.05, 0.1) is 6.54 Å². The van der Waals surface area contributed by atoms with Gasteiger partial charge in [-0.15, -0.1) is 0 Å². The number of benzene rings is 1. The van der Waals surface area contributed by atoms with Crippen molar-refractivity contribution in [1.29, 1.82) is 0 Å². The van der Waals surface area contributed by atoms with Gasteiger partial charge >= 0.3 is 5.97 Å². The van der Waals surface area contributed by atoms with E-state index >= 15 is 0 Å². The summed E-state index contributed by atoms with van der Waals surface area (Å²) >= 11 is 0. The second-order valence-corrected chi connectivity index (χ2v) is 7.85. The first-order valence-corrected chi connectivity index (χ1v) is 9.85. The van der Waals surface area contributed by atoms with Crippen molar-refractivity contribution < 1.29 is 19.5 Å². The smallest absolute Gasteiger partial charge is 0.317 e. The number of hydrogen-bond donors (Lipinski definition) is 3. The fourth-order valence-corrected chi connectivity index (χ4v) is 3.43. The highest BCUT2D eigenvalue weighted by Crippen LogP contribution is 2.25. The van der Waals surface area contributed by atoms with Gasteiger partial charge in [-0.05, 0) is 44.4 Å². The predicted octanol–water partition coefficient (Wildman–Crippen LogP) is 1.80. The highest BCUT2D eigenvalue weighted by Gasteiger charge is 2.36. The van der Waals surface area contributed by atoms with E-state index < -0.39 is 12.0 Å². The maximum absolute atomic E-state index is 12.7. The molecule has 1 aliphatic carbocycles. The Bertz CT molecular complexity index is 696. The van der Waals surface area contributed by atoms with Crippen LogP contribution in [0.2, 0.25) is 0 Å². The molecule has 1 aromatic carbocycles. The van der Waals surface area contributed by atoms with Crippen LogP contribution in [-0.4, -0.2) is 59.0 Å². The molecular formula is C21H31N3O4. The second-order valence-electron chi connectivity index (χ2n) is 7.85. The largest absolute Gasteiger partial charge is 0.480 e. The summed E-state index contributed by atoms with van der Waals surface area (Å²) in [5, 5.41) is 14.8. The molecule has 1 saturated carbocycles. The molecule has 1 fully saturated rings. The number of nitrogens with one attached hydrogen (secondary N) is 2. The Morgan fingerprint density at radius 2 is 1.79 bits per heavy atom. The van der Waals surface area contributed by atoms with E-state index in [1.807, 2.05) is 44.7 Å². The highest BCUT2D eigenvalue weighted by atomic mass is 16.4. The van der Waals surface area contributed by atoms with Crippen molar-refractivity contribution in [1.82, 2.24) is 15.5 Å². The molecule has 28 heavy (non-hydrogen) atoms. The summed E-state index contributed by atoms with van der Waals surface area (Å²) < 4.78 is 0. The van der Waals surface area contributed by atoms with E-state index in [1.165, 1.54) is 0 Å². The summed E-state index contributed by atoms with van der Waals surface area (Å²) in [6.07, 6.45) is 1.45. The van der Waals surface area contributed by atoms with Gasteiger partial charge in [-0.25, -0.2) is 0 Å². The third-order valence-corrected chi connectivity index (χ3v) is 5.27. The van der Waals surface area contributed by atoms with Crippen molar-refractivity contribution in [2.75, 3.05) is 13.1 Å². The molecule has 0 saturated heterocycles. The molecule has 2 rings (SSSR count). The lowest BCUT2D eigenvalue weighted by Gasteiger charge is -2.42. The quantitative estimate of drug-likeness (QED) is 0.598. The SMILES string of the molecule is CCN(CC(=O)O)C1CC(NC(=O)C(NC(=O)c2ccc(C)cc2)C(C)C)C1. The number of nitrogens with zero attached hydrogens (tertiary/aromatic N) is 1. The van der Waals surface area contributed by atoms with Crippen LogP contribution in [0.4, 0.5) is 0 Å². The van der Waals surface area contributed by atoms with Crippen molar-refractivity contribution in [3.05, 3.63) is 35.4 Å². The molecule has 1 aromatic rings. The molecule has 0 bridgehead atoms. The minimum absolute atomic E-state index is 0.0119. The second kappa shape index (κ2) is 9.68. The molecule has 7 nitrogen and oxygen atoms in total. The average molecular weight is 389 g/mol. The first-order valence-electron chi connectivity index (χ1n) is 9.85. The van der Waals surface area contributed by atoms with E-state index in [1.54, 1.807) is 12.1 Å². The van der Waals surface area contributed by atoms with E-state index in [2.05, 4.69) is 10.6 Å². The lowest BCUT2D eigenvalue weighted by Crippen LogP contribution is -2.58. The van der Waals surface area contributed by atoms with E-state index in [-0.39, 0.29) is 36.4 Å². The fourth-order valence-electron chi connectivity index (χ4n) is 3.43. The van der Waals surface area contributed by atoms with Crippen molar-refractivity contribution in [3.8, 4) is 0 Å². The Morgan fingerprint density at radius 1 is 1.18 bits per heavy atom. The summed E-state index contributed by atoms with van der Waals surface area (Å²) in [4.78, 5) is 38.0. The summed E-state index contributed by atoms with van der Waals surface area (Å²) in [7, 11) is 0. The van der Waals surface area contributed by atoms with E-state index in [0.29, 0.717) is 12.1 Å². The fraction of sp³-hybridized carbons (Fsp3) is 0.571. The Morgan fingerprint density at radius 3 is 2.29 bits per heavy atom. The predicted molar refractivity (Wildman–Crippen MR) is 107 cm³/mol. The Labute approximate surface area is 166 Å². The van der Waals surface area contributed by atoms with Crippen LogP contribution in [0, 0.1) is 12.8 Å². The van der Waals surface area contributed by atoms with Gasteiger partial charge in [0.1, 0.15) is 6.04 Å². The average Bonchev–Trinajstić information content (AvgIpc) is 2.60. The van der Waals surface area contributed by atoms with Crippen molar-refractivity contribution >= 4 is 17.8 Å². The summed E-state index contributed by atoms with van der Waals surface area (Å²) in [6, 6.07) is 6.80. The van der Waals surface area contributed by atoms with E-state index in [9.17, 15) is 14.4 Å². The van der Waals surface area contributed by atoms with Gasteiger partial charge in [0.2, 0.25) is 5.91 Å². The minimum atomic E-state index is -0.840. The van der Waals surface area contributed by atoms with Crippen LogP contribution >= 0.6 is 0 Å². The molecular weight excluding hydrogens is 358 g/mol. The van der Waals surface area contributed by atoms with Crippen molar-refractivity contribution in [2.24, 2.45) is 5.92 Å². The maximum Gasteiger partial charge on any atom is 0.317 e. The Hall–Kier alpha value is -2.41. The molecule has 0 heterocycles. The number of carbonyl (C=O) groups excluding carboxylic acids is 2. The number of aliphatic carboxylic acids is 1. The van der Waals surface area contributed by atoms with Crippen LogP contribution in [0.1, 0.15) is 49.5 Å². The number of likely N-dealkylation sites (N-methyl/N-ethyl adjacent to an activating group) is 1. The van der Waals surface area contributed by atoms with Crippen LogP contribution in [-0.2, 0) is 9.59 Å². The summed E-state index contributed by atoms with van der Waals surface area (Å²) in [5.74, 6) is -1.35. The standard InChI is InChI=1S/C21H31N3O4/c1-5-24(12-18(25)26)17-10-16(11-17)22-21(28)19(13(2)3)23-20(27)15-8-6-14(4)7-9-15/h6-9,13,16-17,19H,5,10-12H2,1-4H3,(H,22,28)(H,23,27)(H,25,26). The summed E-state index contributed by atoms with van der Waals surface area (Å²) in [6.45, 7) is 8.37. The summed E-state index contributed by atoms with van der Waals surface area (Å²) in [5.41, 5.74) is 1.60. The molecule has 0 aliphatic heterocycles. The van der Waals surface area contributed by atoms with Gasteiger partial charge in [0.15, 0.2) is 0 Å². The molecule has 0 radical (unpaired) electrons. The molecule has 1 unspecified atom stereocenters. The van der Waals surface area contributed by atoms with Gasteiger partial charge < -0.3 is 15.7 Å². The van der Waals surface area contributed by atoms with Crippen molar-refractivity contribution in [3.63, 3.8) is 0 Å². The van der Waals surface area contributed by atoms with Gasteiger partial charge in [0, 0.05) is 17.6 Å². The van der Waals surface area contributed by atoms with Crippen LogP contribution in [0.5, 0.6) is 0 Å². The monoisotopic (exact) mass is 389 g/mol. The number of carbonyl (C=O) groups is 3. The van der Waals surface area contributed by atoms with Crippen LogP contribution in [0.3, 0.4) is 0 Å². The number of hydrogen-bond acceptors (Lipinski definition) is 4. The number of carboxylic acid groups (broad SMARTS) is 1. The molecule has 1 aliphatic rings. The van der Waals surface area contributed by atoms with Gasteiger partial charge in [-0.3, -0.25) is 19.3 Å². The lowest BCUT2D eigenvalue weighted by atomic mass is 9.85. The van der Waals surface area contributed by atoms with Crippen LogP contribution in [0.25, 0.3) is 0 Å². The highest BCUT2D eigenvalue weighted by molar-refractivity contribution is 5.97. The molecule has 0 aromatic heterocycles. The van der Waals surface area contributed by atoms with Gasteiger partial charge in [0.25, 0.3) is 5.91 Å². The third-order valence-electron chi connectivity index (χ3n) is 5.27. The Balaban J connectivity index is 1.89. The third kappa shape index (κ3) is 5.79. The lowest BCUT2D eigenvalue weighted by molar-refractivity contribution is -0.140. The number of carboxylic acids is 1. The molecule has 7 heteroatoms. The normalized spacial score (nSPS) is 19.8. The molecule has 3 N–H and O–H groups in total. The van der Waals surface area contributed by atoms with Crippen LogP contribution < -0.4 is 10.6 Å². The molecule has 0 spiro atoms. The Kier molecular flexibility index (Phi) is 7.57. The maximum atomic E-state index is 12.7. The first kappa shape index (κ1) is 21.9. The zero-order chi connectivity index (χ0) is 20.8. The first-order chi connectivity index (χ1) is 13.2. The van der Waals surface area contributed by atoms with E-state index in [4.69, 9.17) is 5.11 Å². The molecule has 2 amide bonds. The topological polar surface area (TPSA) is 98.7 Å².